The number of hydrogen-bond donors (Lipinski definition) is 0. The quantitative estimate of drug-likeness (QED) is 0.450. The lowest BCUT2D eigenvalue weighted by Crippen LogP contribution is -2.45. The van der Waals surface area contributed by atoms with E-state index >= 15 is 0 Å². The average molecular weight is 398 g/mol. The van der Waals surface area contributed by atoms with Crippen molar-refractivity contribution in [2.75, 3.05) is 85.6 Å². The lowest BCUT2D eigenvalue weighted by molar-refractivity contribution is 0.149. The molecule has 0 spiro atoms. The van der Waals surface area contributed by atoms with Crippen LogP contribution in [-0.4, -0.2) is 110 Å². The topological polar surface area (TPSA) is 63.8 Å². The molecule has 0 aromatic carbocycles. The van der Waals surface area contributed by atoms with Gasteiger partial charge in [0.15, 0.2) is 5.57 Å². The van der Waals surface area contributed by atoms with Crippen LogP contribution >= 0.6 is 0 Å². The Morgan fingerprint density at radius 3 is 1.97 bits per heavy atom. The van der Waals surface area contributed by atoms with Crippen LogP contribution in [-0.2, 0) is 0 Å². The van der Waals surface area contributed by atoms with E-state index in [2.05, 4.69) is 55.8 Å². The van der Waals surface area contributed by atoms with Gasteiger partial charge in [-0.15, -0.1) is 0 Å². The van der Waals surface area contributed by atoms with E-state index < -0.39 is 0 Å². The van der Waals surface area contributed by atoms with Crippen molar-refractivity contribution in [3.63, 3.8) is 0 Å². The van der Waals surface area contributed by atoms with Gasteiger partial charge >= 0.3 is 0 Å². The number of piperazine rings is 1. The minimum Gasteiger partial charge on any atom is -0.355 e. The molecule has 0 unspecified atom stereocenters. The molecule has 0 bridgehead atoms. The molecule has 7 nitrogen and oxygen atoms in total. The van der Waals surface area contributed by atoms with Crippen molar-refractivity contribution in [3.05, 3.63) is 23.5 Å². The monoisotopic (exact) mass is 397 g/mol. The molecule has 0 aliphatic carbocycles. The summed E-state index contributed by atoms with van der Waals surface area (Å²) in [6, 6.07) is 4.28. The highest BCUT2D eigenvalue weighted by Gasteiger charge is 2.28. The lowest BCUT2D eigenvalue weighted by atomic mass is 10.2. The zero-order valence-corrected chi connectivity index (χ0v) is 17.9. The van der Waals surface area contributed by atoms with E-state index in [1.165, 1.54) is 0 Å². The summed E-state index contributed by atoms with van der Waals surface area (Å²) in [6.07, 6.45) is 7.78. The van der Waals surface area contributed by atoms with E-state index in [4.69, 9.17) is 0 Å². The highest BCUT2D eigenvalue weighted by Crippen LogP contribution is 2.23. The maximum absolute atomic E-state index is 9.49. The molecule has 0 N–H and O–H groups in total. The Balaban J connectivity index is 1.49. The summed E-state index contributed by atoms with van der Waals surface area (Å²) in [5.74, 6) is 0.868. The minimum absolute atomic E-state index is 0.267. The summed E-state index contributed by atoms with van der Waals surface area (Å²) < 4.78 is 0. The average Bonchev–Trinajstić information content (AvgIpc) is 3.14. The van der Waals surface area contributed by atoms with Crippen LogP contribution in [0.15, 0.2) is 23.5 Å². The van der Waals surface area contributed by atoms with Gasteiger partial charge in [-0.05, 0) is 32.9 Å². The third-order valence-electron chi connectivity index (χ3n) is 6.23. The molecule has 3 aliphatic heterocycles. The smallest absolute Gasteiger partial charge is 0.169 e. The Morgan fingerprint density at radius 2 is 1.41 bits per heavy atom. The third kappa shape index (κ3) is 6.21. The van der Waals surface area contributed by atoms with E-state index in [9.17, 15) is 10.5 Å². The number of nitriles is 2. The molecule has 2 fully saturated rings. The first kappa shape index (κ1) is 21.6. The Bertz CT molecular complexity index is 648. The van der Waals surface area contributed by atoms with E-state index in [0.717, 1.165) is 104 Å². The van der Waals surface area contributed by atoms with Gasteiger partial charge in [0.05, 0.1) is 0 Å². The van der Waals surface area contributed by atoms with Crippen molar-refractivity contribution in [2.24, 2.45) is 0 Å². The van der Waals surface area contributed by atoms with Gasteiger partial charge < -0.3 is 19.6 Å². The molecule has 0 atom stereocenters. The first-order valence-electron chi connectivity index (χ1n) is 11.0. The molecule has 2 saturated heterocycles. The second-order valence-corrected chi connectivity index (χ2v) is 8.31. The van der Waals surface area contributed by atoms with E-state index in [1.807, 2.05) is 0 Å². The molecule has 7 heteroatoms. The van der Waals surface area contributed by atoms with Crippen LogP contribution in [0, 0.1) is 22.7 Å². The van der Waals surface area contributed by atoms with Gasteiger partial charge in [0.1, 0.15) is 18.0 Å². The van der Waals surface area contributed by atoms with Crippen LogP contribution in [0.1, 0.15) is 19.3 Å². The molecule has 3 heterocycles. The number of hydrogen-bond acceptors (Lipinski definition) is 7. The summed E-state index contributed by atoms with van der Waals surface area (Å²) in [6.45, 7) is 12.6. The molecule has 29 heavy (non-hydrogen) atoms. The molecule has 0 amide bonds. The fourth-order valence-corrected chi connectivity index (χ4v) is 4.46. The fraction of sp³-hybridized carbons (Fsp3) is 0.727. The first-order chi connectivity index (χ1) is 14.2. The highest BCUT2D eigenvalue weighted by molar-refractivity contribution is 5.40. The fourth-order valence-electron chi connectivity index (χ4n) is 4.46. The molecule has 0 radical (unpaired) electrons. The van der Waals surface area contributed by atoms with Crippen LogP contribution < -0.4 is 0 Å². The maximum atomic E-state index is 9.49. The number of rotatable bonds is 8. The molecule has 158 valence electrons. The predicted octanol–water partition coefficient (Wildman–Crippen LogP) is 1.15. The van der Waals surface area contributed by atoms with Crippen molar-refractivity contribution in [1.29, 1.82) is 10.5 Å². The first-order valence-corrected chi connectivity index (χ1v) is 11.0. The minimum atomic E-state index is 0.267. The number of likely N-dealkylation sites (N-methyl/N-ethyl adjacent to an activating group) is 1. The van der Waals surface area contributed by atoms with Gasteiger partial charge in [-0.1, -0.05) is 12.2 Å². The summed E-state index contributed by atoms with van der Waals surface area (Å²) in [7, 11) is 2.18. The zero-order chi connectivity index (χ0) is 20.5. The zero-order valence-electron chi connectivity index (χ0n) is 17.9. The van der Waals surface area contributed by atoms with Crippen LogP contribution in [0.3, 0.4) is 0 Å². The van der Waals surface area contributed by atoms with Crippen molar-refractivity contribution in [2.45, 2.75) is 19.3 Å². The molecule has 0 saturated carbocycles. The van der Waals surface area contributed by atoms with Gasteiger partial charge in [0.25, 0.3) is 0 Å². The van der Waals surface area contributed by atoms with Crippen molar-refractivity contribution >= 4 is 0 Å². The van der Waals surface area contributed by atoms with Gasteiger partial charge in [-0.2, -0.15) is 10.5 Å². The van der Waals surface area contributed by atoms with E-state index in [-0.39, 0.29) is 5.57 Å². The summed E-state index contributed by atoms with van der Waals surface area (Å²) in [5, 5.41) is 19.0. The van der Waals surface area contributed by atoms with Crippen LogP contribution in [0.5, 0.6) is 0 Å². The van der Waals surface area contributed by atoms with Crippen molar-refractivity contribution in [3.8, 4) is 12.1 Å². The molecule has 3 aliphatic rings. The summed E-state index contributed by atoms with van der Waals surface area (Å²) >= 11 is 0. The second-order valence-electron chi connectivity index (χ2n) is 8.31. The maximum Gasteiger partial charge on any atom is 0.169 e. The highest BCUT2D eigenvalue weighted by atomic mass is 15.4. The third-order valence-corrected chi connectivity index (χ3v) is 6.23. The standard InChI is InChI=1S/C22H35N7/c1-25-13-15-27(16-14-25)10-6-12-29-18-17-28(22(29)21(19-23)20-24)11-5-9-26-7-3-2-4-8-26/h2-3H,4-18H2,1H3. The van der Waals surface area contributed by atoms with Gasteiger partial charge in [0.2, 0.25) is 0 Å². The SMILES string of the molecule is CN1CCN(CCCN2CCN(CCCN3CC=CCC3)C2=C(C#N)C#N)CC1. The summed E-state index contributed by atoms with van der Waals surface area (Å²) in [4.78, 5) is 11.9. The number of allylic oxidation sites excluding steroid dienone is 1. The Hall–Kier alpha value is -2.06. The Kier molecular flexibility index (Phi) is 8.37. The number of nitrogens with zero attached hydrogens (tertiary/aromatic N) is 7. The summed E-state index contributed by atoms with van der Waals surface area (Å²) in [5.41, 5.74) is 0.267. The molecular weight excluding hydrogens is 362 g/mol. The van der Waals surface area contributed by atoms with Crippen LogP contribution in [0.2, 0.25) is 0 Å². The van der Waals surface area contributed by atoms with Gasteiger partial charge in [-0.3, -0.25) is 4.90 Å². The van der Waals surface area contributed by atoms with Crippen molar-refractivity contribution < 1.29 is 0 Å². The molecule has 0 aromatic rings. The predicted molar refractivity (Wildman–Crippen MR) is 115 cm³/mol. The van der Waals surface area contributed by atoms with Crippen LogP contribution in [0.25, 0.3) is 0 Å². The molecule has 3 rings (SSSR count). The molecule has 0 aromatic heterocycles. The largest absolute Gasteiger partial charge is 0.355 e. The normalized spacial score (nSPS) is 21.4. The van der Waals surface area contributed by atoms with Crippen molar-refractivity contribution in [1.82, 2.24) is 24.5 Å². The van der Waals surface area contributed by atoms with Crippen LogP contribution in [0.4, 0.5) is 0 Å². The van der Waals surface area contributed by atoms with Gasteiger partial charge in [0, 0.05) is 72.0 Å². The van der Waals surface area contributed by atoms with E-state index in [1.54, 1.807) is 0 Å². The molecular formula is C22H35N7. The van der Waals surface area contributed by atoms with Gasteiger partial charge in [-0.25, -0.2) is 0 Å². The Morgan fingerprint density at radius 1 is 0.793 bits per heavy atom. The Labute approximate surface area is 176 Å². The second kappa shape index (κ2) is 11.2. The lowest BCUT2D eigenvalue weighted by Gasteiger charge is -2.33. The van der Waals surface area contributed by atoms with E-state index in [0.29, 0.717) is 0 Å².